The van der Waals surface area contributed by atoms with Crippen molar-refractivity contribution >= 4 is 0 Å². The third-order valence-corrected chi connectivity index (χ3v) is 2.21. The summed E-state index contributed by atoms with van der Waals surface area (Å²) in [7, 11) is 0. The summed E-state index contributed by atoms with van der Waals surface area (Å²) < 4.78 is 12.7. The van der Waals surface area contributed by atoms with E-state index in [0.717, 1.165) is 12.8 Å². The number of nitrogens with two attached hydrogens (primary N) is 1. The molecule has 1 aliphatic rings. The highest BCUT2D eigenvalue weighted by Crippen LogP contribution is 2.24. The smallest absolute Gasteiger partial charge is 0.115 e. The van der Waals surface area contributed by atoms with E-state index in [4.69, 9.17) is 5.73 Å². The second kappa shape index (κ2) is 2.65. The van der Waals surface area contributed by atoms with Gasteiger partial charge in [0.05, 0.1) is 0 Å². The fraction of sp³-hybridized carbons (Fsp3) is 1.00. The molecule has 9 heavy (non-hydrogen) atoms. The molecule has 0 radical (unpaired) electrons. The molecule has 0 aromatic rings. The van der Waals surface area contributed by atoms with E-state index in [-0.39, 0.29) is 6.04 Å². The number of rotatable bonds is 0. The van der Waals surface area contributed by atoms with E-state index in [1.807, 2.05) is 6.92 Å². The fourth-order valence-corrected chi connectivity index (χ4v) is 1.38. The van der Waals surface area contributed by atoms with Crippen molar-refractivity contribution in [1.29, 1.82) is 0 Å². The lowest BCUT2D eigenvalue weighted by atomic mass is 9.85. The summed E-state index contributed by atoms with van der Waals surface area (Å²) in [5.74, 6) is 0.383. The SMILES string of the molecule is C[C@H]1CCC[C@@H](F)[C@@H]1N. The van der Waals surface area contributed by atoms with Gasteiger partial charge in [-0.25, -0.2) is 4.39 Å². The van der Waals surface area contributed by atoms with Gasteiger partial charge in [0.1, 0.15) is 6.17 Å². The van der Waals surface area contributed by atoms with Crippen LogP contribution in [-0.4, -0.2) is 12.2 Å². The first kappa shape index (κ1) is 7.00. The van der Waals surface area contributed by atoms with Gasteiger partial charge in [-0.1, -0.05) is 13.3 Å². The maximum atomic E-state index is 12.7. The number of alkyl halides is 1. The van der Waals surface area contributed by atoms with Crippen molar-refractivity contribution in [2.45, 2.75) is 38.4 Å². The minimum absolute atomic E-state index is 0.196. The Labute approximate surface area is 55.4 Å². The van der Waals surface area contributed by atoms with Gasteiger partial charge in [-0.2, -0.15) is 0 Å². The van der Waals surface area contributed by atoms with Gasteiger partial charge in [-0.3, -0.25) is 0 Å². The van der Waals surface area contributed by atoms with Crippen molar-refractivity contribution in [2.24, 2.45) is 11.7 Å². The van der Waals surface area contributed by atoms with Crippen LogP contribution < -0.4 is 5.73 Å². The summed E-state index contributed by atoms with van der Waals surface area (Å²) in [6.07, 6.45) is 2.04. The first-order valence-electron chi connectivity index (χ1n) is 3.61. The molecule has 0 heterocycles. The molecule has 2 N–H and O–H groups in total. The molecule has 0 bridgehead atoms. The zero-order valence-electron chi connectivity index (χ0n) is 5.81. The van der Waals surface area contributed by atoms with E-state index in [1.165, 1.54) is 0 Å². The first-order valence-corrected chi connectivity index (χ1v) is 3.61. The number of hydrogen-bond donors (Lipinski definition) is 1. The average molecular weight is 131 g/mol. The highest BCUT2D eigenvalue weighted by Gasteiger charge is 2.26. The normalized spacial score (nSPS) is 45.0. The van der Waals surface area contributed by atoms with Crippen LogP contribution in [0.5, 0.6) is 0 Å². The zero-order valence-corrected chi connectivity index (χ0v) is 5.81. The Morgan fingerprint density at radius 2 is 2.11 bits per heavy atom. The van der Waals surface area contributed by atoms with E-state index < -0.39 is 6.17 Å². The maximum Gasteiger partial charge on any atom is 0.115 e. The molecule has 1 nitrogen and oxygen atoms in total. The van der Waals surface area contributed by atoms with Crippen LogP contribution in [-0.2, 0) is 0 Å². The Bertz CT molecular complexity index is 84.9. The molecule has 0 saturated heterocycles. The van der Waals surface area contributed by atoms with Crippen LogP contribution in [0.25, 0.3) is 0 Å². The highest BCUT2D eigenvalue weighted by molar-refractivity contribution is 4.82. The van der Waals surface area contributed by atoms with Gasteiger partial charge in [0.15, 0.2) is 0 Å². The van der Waals surface area contributed by atoms with Crippen molar-refractivity contribution in [3.63, 3.8) is 0 Å². The van der Waals surface area contributed by atoms with Crippen LogP contribution in [0.4, 0.5) is 4.39 Å². The molecular formula is C7H14FN. The average Bonchev–Trinajstić information content (AvgIpc) is 1.83. The Morgan fingerprint density at radius 1 is 1.44 bits per heavy atom. The van der Waals surface area contributed by atoms with E-state index in [1.54, 1.807) is 0 Å². The number of halogens is 1. The van der Waals surface area contributed by atoms with Crippen molar-refractivity contribution in [3.8, 4) is 0 Å². The predicted octanol–water partition coefficient (Wildman–Crippen LogP) is 1.47. The summed E-state index contributed by atoms with van der Waals surface area (Å²) in [5.41, 5.74) is 5.55. The van der Waals surface area contributed by atoms with Gasteiger partial charge in [0.25, 0.3) is 0 Å². The van der Waals surface area contributed by atoms with Gasteiger partial charge in [0, 0.05) is 6.04 Å². The van der Waals surface area contributed by atoms with Crippen LogP contribution >= 0.6 is 0 Å². The maximum absolute atomic E-state index is 12.7. The summed E-state index contributed by atoms with van der Waals surface area (Å²) >= 11 is 0. The molecule has 3 atom stereocenters. The molecule has 0 aromatic carbocycles. The standard InChI is InChI=1S/C7H14FN/c1-5-3-2-4-6(8)7(5)9/h5-7H,2-4,9H2,1H3/t5-,6+,7+/m0/s1. The van der Waals surface area contributed by atoms with Gasteiger partial charge < -0.3 is 5.73 Å². The van der Waals surface area contributed by atoms with Crippen LogP contribution in [0.1, 0.15) is 26.2 Å². The minimum Gasteiger partial charge on any atom is -0.325 e. The molecule has 0 aromatic heterocycles. The molecule has 1 rings (SSSR count). The number of hydrogen-bond acceptors (Lipinski definition) is 1. The van der Waals surface area contributed by atoms with E-state index in [0.29, 0.717) is 12.3 Å². The lowest BCUT2D eigenvalue weighted by Crippen LogP contribution is -2.40. The van der Waals surface area contributed by atoms with Gasteiger partial charge in [0.2, 0.25) is 0 Å². The highest BCUT2D eigenvalue weighted by atomic mass is 19.1. The molecule has 54 valence electrons. The van der Waals surface area contributed by atoms with Crippen molar-refractivity contribution in [1.82, 2.24) is 0 Å². The third-order valence-electron chi connectivity index (χ3n) is 2.21. The second-order valence-electron chi connectivity index (χ2n) is 3.00. The summed E-state index contributed by atoms with van der Waals surface area (Å²) in [5, 5.41) is 0. The van der Waals surface area contributed by atoms with Gasteiger partial charge in [-0.05, 0) is 18.8 Å². The lowest BCUT2D eigenvalue weighted by Gasteiger charge is -2.28. The molecule has 1 aliphatic carbocycles. The van der Waals surface area contributed by atoms with Gasteiger partial charge >= 0.3 is 0 Å². The topological polar surface area (TPSA) is 26.0 Å². The second-order valence-corrected chi connectivity index (χ2v) is 3.00. The Morgan fingerprint density at radius 3 is 2.56 bits per heavy atom. The van der Waals surface area contributed by atoms with Crippen molar-refractivity contribution in [3.05, 3.63) is 0 Å². The third kappa shape index (κ3) is 1.42. The van der Waals surface area contributed by atoms with Crippen molar-refractivity contribution < 1.29 is 4.39 Å². The zero-order chi connectivity index (χ0) is 6.85. The summed E-state index contributed by atoms with van der Waals surface area (Å²) in [4.78, 5) is 0. The molecule has 0 aliphatic heterocycles. The van der Waals surface area contributed by atoms with E-state index in [9.17, 15) is 4.39 Å². The molecule has 1 saturated carbocycles. The van der Waals surface area contributed by atoms with Crippen LogP contribution in [0.3, 0.4) is 0 Å². The van der Waals surface area contributed by atoms with Crippen LogP contribution in [0, 0.1) is 5.92 Å². The minimum atomic E-state index is -0.742. The molecule has 0 unspecified atom stereocenters. The largest absolute Gasteiger partial charge is 0.325 e. The Balaban J connectivity index is 2.41. The molecule has 1 fully saturated rings. The molecule has 0 amide bonds. The fourth-order valence-electron chi connectivity index (χ4n) is 1.38. The van der Waals surface area contributed by atoms with Crippen LogP contribution in [0.15, 0.2) is 0 Å². The van der Waals surface area contributed by atoms with Gasteiger partial charge in [-0.15, -0.1) is 0 Å². The quantitative estimate of drug-likeness (QED) is 0.529. The van der Waals surface area contributed by atoms with Crippen LogP contribution in [0.2, 0.25) is 0 Å². The summed E-state index contributed by atoms with van der Waals surface area (Å²) in [6, 6.07) is -0.196. The first-order chi connectivity index (χ1) is 4.22. The monoisotopic (exact) mass is 131 g/mol. The molecular weight excluding hydrogens is 117 g/mol. The Hall–Kier alpha value is -0.110. The Kier molecular flexibility index (Phi) is 2.06. The molecule has 2 heteroatoms. The lowest BCUT2D eigenvalue weighted by molar-refractivity contribution is 0.172. The molecule has 0 spiro atoms. The van der Waals surface area contributed by atoms with Crippen molar-refractivity contribution in [2.75, 3.05) is 0 Å². The van der Waals surface area contributed by atoms with E-state index in [2.05, 4.69) is 0 Å². The van der Waals surface area contributed by atoms with E-state index >= 15 is 0 Å². The predicted molar refractivity (Wildman–Crippen MR) is 35.9 cm³/mol. The summed E-state index contributed by atoms with van der Waals surface area (Å²) in [6.45, 7) is 2.02.